The fraction of sp³-hybridized carbons (Fsp3) is 0.400. The van der Waals surface area contributed by atoms with Crippen molar-refractivity contribution in [2.75, 3.05) is 0 Å². The third kappa shape index (κ3) is 7.71. The number of nitrogens with one attached hydrogen (secondary N) is 2. The maximum absolute atomic E-state index is 11.6. The van der Waals surface area contributed by atoms with Crippen LogP contribution in [0.3, 0.4) is 0 Å². The van der Waals surface area contributed by atoms with E-state index < -0.39 is 17.9 Å². The monoisotopic (exact) mass is 292 g/mol. The fourth-order valence-corrected chi connectivity index (χ4v) is 1.87. The van der Waals surface area contributed by atoms with Gasteiger partial charge in [0.05, 0.1) is 0 Å². The average Bonchev–Trinajstić information content (AvgIpc) is 2.38. The molecular formula is C15H20N2O4. The highest BCUT2D eigenvalue weighted by Gasteiger charge is 2.11. The maximum atomic E-state index is 11.6. The van der Waals surface area contributed by atoms with E-state index in [-0.39, 0.29) is 25.3 Å². The van der Waals surface area contributed by atoms with E-state index in [4.69, 9.17) is 5.11 Å². The highest BCUT2D eigenvalue weighted by molar-refractivity contribution is 5.94. The van der Waals surface area contributed by atoms with Gasteiger partial charge in [0.15, 0.2) is 0 Å². The summed E-state index contributed by atoms with van der Waals surface area (Å²) in [7, 11) is 0. The summed E-state index contributed by atoms with van der Waals surface area (Å²) < 4.78 is 0. The summed E-state index contributed by atoms with van der Waals surface area (Å²) in [6.07, 6.45) is 0.821. The van der Waals surface area contributed by atoms with E-state index in [0.29, 0.717) is 6.42 Å². The molecule has 3 amide bonds. The molecule has 6 heteroatoms. The molecular weight excluding hydrogens is 272 g/mol. The number of amides is 3. The Morgan fingerprint density at radius 3 is 2.43 bits per heavy atom. The zero-order valence-corrected chi connectivity index (χ0v) is 12.0. The van der Waals surface area contributed by atoms with Crippen molar-refractivity contribution in [3.8, 4) is 0 Å². The van der Waals surface area contributed by atoms with Crippen LogP contribution in [0.2, 0.25) is 0 Å². The van der Waals surface area contributed by atoms with Crippen molar-refractivity contribution < 1.29 is 19.5 Å². The molecule has 1 aromatic carbocycles. The van der Waals surface area contributed by atoms with Gasteiger partial charge >= 0.3 is 12.0 Å². The number of aliphatic carboxylic acids is 1. The first-order valence-corrected chi connectivity index (χ1v) is 6.83. The van der Waals surface area contributed by atoms with E-state index in [1.165, 1.54) is 0 Å². The van der Waals surface area contributed by atoms with Gasteiger partial charge in [-0.15, -0.1) is 0 Å². The highest BCUT2D eigenvalue weighted by atomic mass is 16.4. The minimum absolute atomic E-state index is 0.0206. The number of imide groups is 1. The Bertz CT molecular complexity index is 488. The van der Waals surface area contributed by atoms with Gasteiger partial charge in [0.1, 0.15) is 0 Å². The lowest BCUT2D eigenvalue weighted by atomic mass is 10.1. The van der Waals surface area contributed by atoms with Gasteiger partial charge < -0.3 is 10.4 Å². The van der Waals surface area contributed by atoms with Crippen LogP contribution < -0.4 is 10.6 Å². The third-order valence-corrected chi connectivity index (χ3v) is 2.81. The van der Waals surface area contributed by atoms with Gasteiger partial charge in [-0.2, -0.15) is 0 Å². The Morgan fingerprint density at radius 2 is 1.81 bits per heavy atom. The second-order valence-electron chi connectivity index (χ2n) is 4.86. The van der Waals surface area contributed by atoms with E-state index in [1.54, 1.807) is 0 Å². The van der Waals surface area contributed by atoms with Crippen LogP contribution in [0.15, 0.2) is 30.3 Å². The van der Waals surface area contributed by atoms with Crippen LogP contribution in [0, 0.1) is 0 Å². The van der Waals surface area contributed by atoms with Gasteiger partial charge in [0, 0.05) is 18.9 Å². The van der Waals surface area contributed by atoms with E-state index in [9.17, 15) is 14.4 Å². The summed E-state index contributed by atoms with van der Waals surface area (Å²) in [5.74, 6) is -1.43. The van der Waals surface area contributed by atoms with Crippen LogP contribution in [0.1, 0.15) is 31.7 Å². The molecule has 0 aromatic heterocycles. The maximum Gasteiger partial charge on any atom is 0.321 e. The van der Waals surface area contributed by atoms with E-state index in [1.807, 2.05) is 37.3 Å². The number of rotatable bonds is 7. The largest absolute Gasteiger partial charge is 0.481 e. The van der Waals surface area contributed by atoms with Gasteiger partial charge in [-0.05, 0) is 25.3 Å². The molecule has 0 aliphatic carbocycles. The zero-order valence-electron chi connectivity index (χ0n) is 12.0. The number of carbonyl (C=O) groups excluding carboxylic acids is 2. The summed E-state index contributed by atoms with van der Waals surface area (Å²) in [5.41, 5.74) is 1.10. The Kier molecular flexibility index (Phi) is 6.94. The topological polar surface area (TPSA) is 95.5 Å². The summed E-state index contributed by atoms with van der Waals surface area (Å²) >= 11 is 0. The predicted octanol–water partition coefficient (Wildman–Crippen LogP) is 1.70. The smallest absolute Gasteiger partial charge is 0.321 e. The van der Waals surface area contributed by atoms with E-state index in [2.05, 4.69) is 10.6 Å². The lowest BCUT2D eigenvalue weighted by Crippen LogP contribution is -2.44. The van der Waals surface area contributed by atoms with Gasteiger partial charge in [0.25, 0.3) is 0 Å². The molecule has 0 fully saturated rings. The first-order chi connectivity index (χ1) is 9.97. The van der Waals surface area contributed by atoms with E-state index >= 15 is 0 Å². The summed E-state index contributed by atoms with van der Waals surface area (Å²) in [5, 5.41) is 13.3. The second-order valence-corrected chi connectivity index (χ2v) is 4.86. The lowest BCUT2D eigenvalue weighted by Gasteiger charge is -2.14. The summed E-state index contributed by atoms with van der Waals surface area (Å²) in [4.78, 5) is 33.3. The number of hydrogen-bond acceptors (Lipinski definition) is 3. The Hall–Kier alpha value is -2.37. The highest BCUT2D eigenvalue weighted by Crippen LogP contribution is 2.02. The van der Waals surface area contributed by atoms with Crippen molar-refractivity contribution in [2.45, 2.75) is 38.6 Å². The second kappa shape index (κ2) is 8.73. The molecule has 6 nitrogen and oxygen atoms in total. The van der Waals surface area contributed by atoms with Crippen LogP contribution >= 0.6 is 0 Å². The Labute approximate surface area is 123 Å². The molecule has 1 aromatic rings. The molecule has 0 saturated carbocycles. The van der Waals surface area contributed by atoms with Crippen LogP contribution in [-0.4, -0.2) is 29.1 Å². The molecule has 0 saturated heterocycles. The number of carboxylic acid groups (broad SMARTS) is 1. The third-order valence-electron chi connectivity index (χ3n) is 2.81. The van der Waals surface area contributed by atoms with Crippen molar-refractivity contribution >= 4 is 17.9 Å². The molecule has 114 valence electrons. The molecule has 21 heavy (non-hydrogen) atoms. The summed E-state index contributed by atoms with van der Waals surface area (Å²) in [6.45, 7) is 1.85. The SMILES string of the molecule is CC(Cc1ccccc1)NC(=O)NC(=O)CCCC(=O)O. The minimum atomic E-state index is -0.955. The Morgan fingerprint density at radius 1 is 1.14 bits per heavy atom. The van der Waals surface area contributed by atoms with Gasteiger partial charge in [-0.1, -0.05) is 30.3 Å². The first kappa shape index (κ1) is 16.7. The van der Waals surface area contributed by atoms with Crippen LogP contribution in [0.25, 0.3) is 0 Å². The van der Waals surface area contributed by atoms with Crippen molar-refractivity contribution in [3.63, 3.8) is 0 Å². The van der Waals surface area contributed by atoms with Crippen LogP contribution in [-0.2, 0) is 16.0 Å². The summed E-state index contributed by atoms with van der Waals surface area (Å²) in [6, 6.07) is 9.03. The molecule has 1 rings (SSSR count). The standard InChI is InChI=1S/C15H20N2O4/c1-11(10-12-6-3-2-4-7-12)16-15(21)17-13(18)8-5-9-14(19)20/h2-4,6-7,11H,5,8-10H2,1H3,(H,19,20)(H2,16,17,18,21). The normalized spacial score (nSPS) is 11.5. The van der Waals surface area contributed by atoms with Gasteiger partial charge in [-0.3, -0.25) is 14.9 Å². The molecule has 0 aliphatic heterocycles. The van der Waals surface area contributed by atoms with Crippen LogP contribution in [0.5, 0.6) is 0 Å². The van der Waals surface area contributed by atoms with Crippen LogP contribution in [0.4, 0.5) is 4.79 Å². The van der Waals surface area contributed by atoms with Gasteiger partial charge in [-0.25, -0.2) is 4.79 Å². The number of carboxylic acids is 1. The lowest BCUT2D eigenvalue weighted by molar-refractivity contribution is -0.137. The van der Waals surface area contributed by atoms with Gasteiger partial charge in [0.2, 0.25) is 5.91 Å². The molecule has 0 bridgehead atoms. The molecule has 0 heterocycles. The van der Waals surface area contributed by atoms with E-state index in [0.717, 1.165) is 5.56 Å². The number of benzene rings is 1. The number of urea groups is 1. The molecule has 0 radical (unpaired) electrons. The quantitative estimate of drug-likeness (QED) is 0.712. The van der Waals surface area contributed by atoms with Crippen molar-refractivity contribution in [2.24, 2.45) is 0 Å². The zero-order chi connectivity index (χ0) is 15.7. The Balaban J connectivity index is 2.26. The van der Waals surface area contributed by atoms with Crippen molar-refractivity contribution in [1.82, 2.24) is 10.6 Å². The molecule has 1 atom stereocenters. The van der Waals surface area contributed by atoms with Crippen molar-refractivity contribution in [3.05, 3.63) is 35.9 Å². The minimum Gasteiger partial charge on any atom is -0.481 e. The molecule has 0 spiro atoms. The first-order valence-electron chi connectivity index (χ1n) is 6.83. The number of hydrogen-bond donors (Lipinski definition) is 3. The molecule has 1 unspecified atom stereocenters. The average molecular weight is 292 g/mol. The predicted molar refractivity (Wildman–Crippen MR) is 77.8 cm³/mol. The number of carbonyl (C=O) groups is 3. The fourth-order valence-electron chi connectivity index (χ4n) is 1.87. The molecule has 0 aliphatic rings. The van der Waals surface area contributed by atoms with Crippen molar-refractivity contribution in [1.29, 1.82) is 0 Å². The molecule has 3 N–H and O–H groups in total.